The quantitative estimate of drug-likeness (QED) is 0.381. The van der Waals surface area contributed by atoms with Crippen LogP contribution in [0.1, 0.15) is 11.3 Å². The van der Waals surface area contributed by atoms with Gasteiger partial charge in [0, 0.05) is 17.1 Å². The van der Waals surface area contributed by atoms with Gasteiger partial charge in [-0.2, -0.15) is 5.10 Å². The number of nitrogens with one attached hydrogen (secondary N) is 2. The first-order valence-corrected chi connectivity index (χ1v) is 9.00. The molecule has 7 heteroatoms. The summed E-state index contributed by atoms with van der Waals surface area (Å²) < 4.78 is 5.62. The lowest BCUT2D eigenvalue weighted by Crippen LogP contribution is -2.38. The molecule has 0 atom stereocenters. The molecule has 6 nitrogen and oxygen atoms in total. The largest absolute Gasteiger partial charge is 0.455 e. The number of nitrogens with zero attached hydrogens (tertiary/aromatic N) is 1. The number of carbonyl (C=O) groups is 2. The van der Waals surface area contributed by atoms with Crippen molar-refractivity contribution < 1.29 is 14.0 Å². The third-order valence-corrected chi connectivity index (χ3v) is 4.08. The minimum atomic E-state index is -0.842. The predicted molar refractivity (Wildman–Crippen MR) is 108 cm³/mol. The fraction of sp³-hybridized carbons (Fsp3) is 0.0952. The molecule has 0 bridgehead atoms. The molecule has 3 aromatic rings. The SMILES string of the molecule is O=C(NCCc1ccccc1)C(=O)N/N=C/c1ccc(-c2cccc(Cl)c2)o1. The van der Waals surface area contributed by atoms with Crippen LogP contribution in [0.4, 0.5) is 0 Å². The molecule has 2 amide bonds. The van der Waals surface area contributed by atoms with E-state index in [-0.39, 0.29) is 0 Å². The highest BCUT2D eigenvalue weighted by Crippen LogP contribution is 2.24. The summed E-state index contributed by atoms with van der Waals surface area (Å²) in [5, 5.41) is 6.90. The van der Waals surface area contributed by atoms with E-state index in [0.29, 0.717) is 29.5 Å². The number of furan rings is 1. The molecule has 0 spiro atoms. The topological polar surface area (TPSA) is 83.7 Å². The molecule has 2 N–H and O–H groups in total. The van der Waals surface area contributed by atoms with Crippen LogP contribution in [0.15, 0.2) is 76.2 Å². The van der Waals surface area contributed by atoms with E-state index >= 15 is 0 Å². The fourth-order valence-corrected chi connectivity index (χ4v) is 2.66. The van der Waals surface area contributed by atoms with Crippen LogP contribution in [0.25, 0.3) is 11.3 Å². The molecule has 3 rings (SSSR count). The summed E-state index contributed by atoms with van der Waals surface area (Å²) in [6.45, 7) is 0.362. The molecular weight excluding hydrogens is 378 g/mol. The zero-order valence-electron chi connectivity index (χ0n) is 14.9. The summed E-state index contributed by atoms with van der Waals surface area (Å²) in [5.41, 5.74) is 4.08. The highest BCUT2D eigenvalue weighted by molar-refractivity contribution is 6.35. The van der Waals surface area contributed by atoms with Crippen molar-refractivity contribution in [3.05, 3.63) is 83.1 Å². The third kappa shape index (κ3) is 5.56. The molecule has 0 saturated carbocycles. The molecule has 1 heterocycles. The van der Waals surface area contributed by atoms with Gasteiger partial charge in [0.25, 0.3) is 0 Å². The molecule has 0 aliphatic rings. The van der Waals surface area contributed by atoms with Crippen LogP contribution in [0.5, 0.6) is 0 Å². The van der Waals surface area contributed by atoms with E-state index in [1.165, 1.54) is 6.21 Å². The Labute approximate surface area is 167 Å². The van der Waals surface area contributed by atoms with Crippen molar-refractivity contribution in [3.63, 3.8) is 0 Å². The Kier molecular flexibility index (Phi) is 6.59. The Morgan fingerprint density at radius 3 is 2.61 bits per heavy atom. The number of hydrogen-bond donors (Lipinski definition) is 2. The van der Waals surface area contributed by atoms with Crippen LogP contribution in [-0.2, 0) is 16.0 Å². The van der Waals surface area contributed by atoms with Gasteiger partial charge in [-0.15, -0.1) is 0 Å². The monoisotopic (exact) mass is 395 g/mol. The summed E-state index contributed by atoms with van der Waals surface area (Å²) in [4.78, 5) is 23.5. The van der Waals surface area contributed by atoms with E-state index < -0.39 is 11.8 Å². The normalized spacial score (nSPS) is 10.8. The van der Waals surface area contributed by atoms with Crippen LogP contribution in [0, 0.1) is 0 Å². The molecule has 0 unspecified atom stereocenters. The van der Waals surface area contributed by atoms with Gasteiger partial charge in [0.2, 0.25) is 0 Å². The maximum absolute atomic E-state index is 11.8. The molecule has 0 aliphatic carbocycles. The van der Waals surface area contributed by atoms with Gasteiger partial charge in [-0.3, -0.25) is 9.59 Å². The molecule has 28 heavy (non-hydrogen) atoms. The van der Waals surface area contributed by atoms with Crippen molar-refractivity contribution in [3.8, 4) is 11.3 Å². The number of benzene rings is 2. The van der Waals surface area contributed by atoms with Crippen LogP contribution in [-0.4, -0.2) is 24.6 Å². The lowest BCUT2D eigenvalue weighted by atomic mass is 10.1. The van der Waals surface area contributed by atoms with Gasteiger partial charge in [-0.1, -0.05) is 54.1 Å². The van der Waals surface area contributed by atoms with Crippen molar-refractivity contribution >= 4 is 29.6 Å². The van der Waals surface area contributed by atoms with Gasteiger partial charge in [0.1, 0.15) is 11.5 Å². The number of hydrogen-bond acceptors (Lipinski definition) is 4. The maximum atomic E-state index is 11.8. The standard InChI is InChI=1S/C21H18ClN3O3/c22-17-8-4-7-16(13-17)19-10-9-18(28-19)14-24-25-21(27)20(26)23-12-11-15-5-2-1-3-6-15/h1-10,13-14H,11-12H2,(H,23,26)(H,25,27)/b24-14+. The number of amides is 2. The summed E-state index contributed by atoms with van der Waals surface area (Å²) in [6, 6.07) is 20.4. The lowest BCUT2D eigenvalue weighted by molar-refractivity contribution is -0.139. The average Bonchev–Trinajstić information content (AvgIpc) is 3.17. The molecule has 142 valence electrons. The highest BCUT2D eigenvalue weighted by Gasteiger charge is 2.11. The summed E-state index contributed by atoms with van der Waals surface area (Å²) in [5.74, 6) is -0.535. The first kappa shape index (κ1) is 19.4. The second kappa shape index (κ2) is 9.53. The maximum Gasteiger partial charge on any atom is 0.329 e. The molecule has 0 fully saturated rings. The van der Waals surface area contributed by atoms with Gasteiger partial charge in [-0.25, -0.2) is 5.43 Å². The molecule has 0 saturated heterocycles. The molecule has 0 aliphatic heterocycles. The first-order valence-electron chi connectivity index (χ1n) is 8.63. The number of rotatable bonds is 6. The molecule has 2 aromatic carbocycles. The van der Waals surface area contributed by atoms with Crippen molar-refractivity contribution in [1.29, 1.82) is 0 Å². The van der Waals surface area contributed by atoms with E-state index in [2.05, 4.69) is 15.8 Å². The van der Waals surface area contributed by atoms with Crippen LogP contribution >= 0.6 is 11.6 Å². The highest BCUT2D eigenvalue weighted by atomic mass is 35.5. The van der Waals surface area contributed by atoms with Crippen molar-refractivity contribution in [2.24, 2.45) is 5.10 Å². The van der Waals surface area contributed by atoms with E-state index in [1.807, 2.05) is 42.5 Å². The average molecular weight is 396 g/mol. The first-order chi connectivity index (χ1) is 13.6. The van der Waals surface area contributed by atoms with Gasteiger partial charge in [0.05, 0.1) is 6.21 Å². The Bertz CT molecular complexity index is 983. The van der Waals surface area contributed by atoms with Crippen LogP contribution in [0.2, 0.25) is 5.02 Å². The number of halogens is 1. The van der Waals surface area contributed by atoms with E-state index in [9.17, 15) is 9.59 Å². The summed E-state index contributed by atoms with van der Waals surface area (Å²) >= 11 is 5.97. The Morgan fingerprint density at radius 1 is 1.00 bits per heavy atom. The van der Waals surface area contributed by atoms with Gasteiger partial charge >= 0.3 is 11.8 Å². The predicted octanol–water partition coefficient (Wildman–Crippen LogP) is 3.41. The zero-order chi connectivity index (χ0) is 19.8. The number of carbonyl (C=O) groups excluding carboxylic acids is 2. The third-order valence-electron chi connectivity index (χ3n) is 3.84. The smallest absolute Gasteiger partial charge is 0.329 e. The summed E-state index contributed by atoms with van der Waals surface area (Å²) in [6.07, 6.45) is 1.96. The van der Waals surface area contributed by atoms with Gasteiger partial charge in [-0.05, 0) is 36.2 Å². The van der Waals surface area contributed by atoms with Crippen molar-refractivity contribution in [1.82, 2.24) is 10.7 Å². The Balaban J connectivity index is 1.46. The Morgan fingerprint density at radius 2 is 1.82 bits per heavy atom. The van der Waals surface area contributed by atoms with Crippen LogP contribution < -0.4 is 10.7 Å². The van der Waals surface area contributed by atoms with E-state index in [1.54, 1.807) is 24.3 Å². The lowest BCUT2D eigenvalue weighted by Gasteiger charge is -2.03. The Hall–Kier alpha value is -3.38. The van der Waals surface area contributed by atoms with E-state index in [0.717, 1.165) is 11.1 Å². The second-order valence-corrected chi connectivity index (χ2v) is 6.34. The van der Waals surface area contributed by atoms with Gasteiger partial charge in [0.15, 0.2) is 0 Å². The minimum Gasteiger partial charge on any atom is -0.455 e. The number of hydrazone groups is 1. The molecular formula is C21H18ClN3O3. The van der Waals surface area contributed by atoms with Crippen LogP contribution in [0.3, 0.4) is 0 Å². The van der Waals surface area contributed by atoms with Gasteiger partial charge < -0.3 is 9.73 Å². The van der Waals surface area contributed by atoms with Crippen molar-refractivity contribution in [2.45, 2.75) is 6.42 Å². The second-order valence-electron chi connectivity index (χ2n) is 5.90. The van der Waals surface area contributed by atoms with Crippen molar-refractivity contribution in [2.75, 3.05) is 6.54 Å². The molecule has 0 radical (unpaired) electrons. The van der Waals surface area contributed by atoms with E-state index in [4.69, 9.17) is 16.0 Å². The zero-order valence-corrected chi connectivity index (χ0v) is 15.6. The minimum absolute atomic E-state index is 0.362. The summed E-state index contributed by atoms with van der Waals surface area (Å²) in [7, 11) is 0. The fourth-order valence-electron chi connectivity index (χ4n) is 2.47. The molecule has 1 aromatic heterocycles.